The third-order valence-corrected chi connectivity index (χ3v) is 6.60. The fourth-order valence-corrected chi connectivity index (χ4v) is 4.83. The van der Waals surface area contributed by atoms with Gasteiger partial charge in [0.1, 0.15) is 5.02 Å². The average Bonchev–Trinajstić information content (AvgIpc) is 2.63. The van der Waals surface area contributed by atoms with Crippen molar-refractivity contribution in [3.8, 4) is 5.75 Å². The molecule has 2 heterocycles. The van der Waals surface area contributed by atoms with Gasteiger partial charge in [0.15, 0.2) is 5.75 Å². The molecule has 7 nitrogen and oxygen atoms in total. The molecule has 0 aliphatic carbocycles. The lowest BCUT2D eigenvalue weighted by molar-refractivity contribution is 0.0244. The van der Waals surface area contributed by atoms with Crippen molar-refractivity contribution in [3.63, 3.8) is 0 Å². The Kier molecular flexibility index (Phi) is 6.73. The summed E-state index contributed by atoms with van der Waals surface area (Å²) in [7, 11) is -4.43. The number of nitrogens with zero attached hydrogens (tertiary/aromatic N) is 1. The SMILES string of the molecule is O=C(NS(=O)(=O)Oc1cccc(Cl)c1Cl)OC[C@@H]1CCCN2CCCC[C@@H]12. The highest BCUT2D eigenvalue weighted by atomic mass is 35.5. The summed E-state index contributed by atoms with van der Waals surface area (Å²) in [5.41, 5.74) is 0. The van der Waals surface area contributed by atoms with Gasteiger partial charge in [-0.25, -0.2) is 4.79 Å². The molecule has 0 aromatic heterocycles. The molecule has 1 aromatic carbocycles. The number of halogens is 2. The molecule has 1 aromatic rings. The molecule has 1 amide bonds. The fourth-order valence-electron chi connectivity index (χ4n) is 3.77. The number of ether oxygens (including phenoxy) is 1. The van der Waals surface area contributed by atoms with E-state index < -0.39 is 16.4 Å². The first-order valence-corrected chi connectivity index (χ1v) is 11.1. The molecule has 0 unspecified atom stereocenters. The van der Waals surface area contributed by atoms with E-state index in [2.05, 4.69) is 4.90 Å². The normalized spacial score (nSPS) is 23.3. The van der Waals surface area contributed by atoms with E-state index in [1.54, 1.807) is 4.72 Å². The van der Waals surface area contributed by atoms with Crippen molar-refractivity contribution in [2.24, 2.45) is 5.92 Å². The number of hydrogen-bond acceptors (Lipinski definition) is 6. The number of carbonyl (C=O) groups is 1. The summed E-state index contributed by atoms with van der Waals surface area (Å²) in [5.74, 6) is 0.0467. The first kappa shape index (κ1) is 20.5. The van der Waals surface area contributed by atoms with Gasteiger partial charge in [0.2, 0.25) is 0 Å². The van der Waals surface area contributed by atoms with E-state index in [1.807, 2.05) is 0 Å². The number of piperidine rings is 2. The van der Waals surface area contributed by atoms with Gasteiger partial charge in [0, 0.05) is 12.0 Å². The van der Waals surface area contributed by atoms with Crippen LogP contribution in [0.15, 0.2) is 18.2 Å². The van der Waals surface area contributed by atoms with Crippen molar-refractivity contribution < 1.29 is 22.1 Å². The highest BCUT2D eigenvalue weighted by Crippen LogP contribution is 2.32. The van der Waals surface area contributed by atoms with Gasteiger partial charge in [0.05, 0.1) is 11.6 Å². The van der Waals surface area contributed by atoms with E-state index in [-0.39, 0.29) is 28.3 Å². The minimum atomic E-state index is -4.43. The number of amides is 1. The predicted octanol–water partition coefficient (Wildman–Crippen LogP) is 3.61. The second-order valence-electron chi connectivity index (χ2n) is 6.79. The highest BCUT2D eigenvalue weighted by molar-refractivity contribution is 7.85. The second kappa shape index (κ2) is 8.86. The number of fused-ring (bicyclic) bond motifs is 1. The summed E-state index contributed by atoms with van der Waals surface area (Å²) in [6.07, 6.45) is 4.42. The summed E-state index contributed by atoms with van der Waals surface area (Å²) in [5, 5.41) is 0.0822. The van der Waals surface area contributed by atoms with E-state index in [1.165, 1.54) is 31.0 Å². The lowest BCUT2D eigenvalue weighted by Crippen LogP contribution is -2.49. The second-order valence-corrected chi connectivity index (χ2v) is 8.86. The largest absolute Gasteiger partial charge is 0.448 e. The molecule has 1 N–H and O–H groups in total. The van der Waals surface area contributed by atoms with Gasteiger partial charge in [-0.2, -0.15) is 13.1 Å². The Labute approximate surface area is 169 Å². The van der Waals surface area contributed by atoms with Gasteiger partial charge in [-0.15, -0.1) is 0 Å². The van der Waals surface area contributed by atoms with Crippen LogP contribution in [0.1, 0.15) is 32.1 Å². The highest BCUT2D eigenvalue weighted by Gasteiger charge is 2.34. The molecule has 2 atom stereocenters. The first-order chi connectivity index (χ1) is 12.9. The summed E-state index contributed by atoms with van der Waals surface area (Å²) < 4.78 is 35.7. The summed E-state index contributed by atoms with van der Waals surface area (Å²) in [6.45, 7) is 2.34. The van der Waals surface area contributed by atoms with Crippen LogP contribution in [0.3, 0.4) is 0 Å². The Bertz CT molecular complexity index is 788. The molecule has 2 saturated heterocycles. The molecule has 0 saturated carbocycles. The Hall–Kier alpha value is -1.22. The van der Waals surface area contributed by atoms with Crippen molar-refractivity contribution in [1.29, 1.82) is 0 Å². The van der Waals surface area contributed by atoms with Gasteiger partial charge >= 0.3 is 16.4 Å². The molecule has 3 rings (SSSR count). The third kappa shape index (κ3) is 5.40. The van der Waals surface area contributed by atoms with Crippen molar-refractivity contribution in [2.45, 2.75) is 38.1 Å². The standard InChI is InChI=1S/C17H22Cl2N2O5S/c18-13-6-3-8-15(16(13)19)26-27(23,24)20-17(22)25-11-12-5-4-10-21-9-2-1-7-14(12)21/h3,6,8,12,14H,1-2,4-5,7,9-11H2,(H,20,22)/t12-,14-/m0/s1. The molecular formula is C17H22Cl2N2O5S. The number of rotatable bonds is 5. The molecule has 0 radical (unpaired) electrons. The zero-order valence-electron chi connectivity index (χ0n) is 14.7. The van der Waals surface area contributed by atoms with Crippen LogP contribution >= 0.6 is 23.2 Å². The number of hydrogen-bond donors (Lipinski definition) is 1. The van der Waals surface area contributed by atoms with Crippen LogP contribution in [0.5, 0.6) is 5.75 Å². The zero-order chi connectivity index (χ0) is 19.4. The molecule has 150 valence electrons. The maximum Gasteiger partial charge on any atom is 0.423 e. The molecule has 2 aliphatic heterocycles. The topological polar surface area (TPSA) is 84.9 Å². The van der Waals surface area contributed by atoms with Gasteiger partial charge in [0.25, 0.3) is 0 Å². The van der Waals surface area contributed by atoms with Gasteiger partial charge < -0.3 is 8.92 Å². The molecule has 2 aliphatic rings. The van der Waals surface area contributed by atoms with Crippen LogP contribution < -0.4 is 8.91 Å². The molecule has 2 fully saturated rings. The van der Waals surface area contributed by atoms with Crippen LogP contribution in [0, 0.1) is 5.92 Å². The van der Waals surface area contributed by atoms with Crippen LogP contribution in [0.2, 0.25) is 10.0 Å². The quantitative estimate of drug-likeness (QED) is 0.758. The molecule has 0 spiro atoms. The summed E-state index contributed by atoms with van der Waals surface area (Å²) in [4.78, 5) is 14.4. The number of benzene rings is 1. The van der Waals surface area contributed by atoms with Crippen molar-refractivity contribution in [3.05, 3.63) is 28.2 Å². The Balaban J connectivity index is 1.53. The Morgan fingerprint density at radius 1 is 1.19 bits per heavy atom. The summed E-state index contributed by atoms with van der Waals surface area (Å²) in [6, 6.07) is 4.71. The molecule has 0 bridgehead atoms. The van der Waals surface area contributed by atoms with Crippen LogP contribution in [0.25, 0.3) is 0 Å². The lowest BCUT2D eigenvalue weighted by Gasteiger charge is -2.44. The van der Waals surface area contributed by atoms with E-state index in [0.29, 0.717) is 6.04 Å². The Morgan fingerprint density at radius 2 is 1.96 bits per heavy atom. The molecule has 27 heavy (non-hydrogen) atoms. The lowest BCUT2D eigenvalue weighted by atomic mass is 9.84. The third-order valence-electron chi connectivity index (χ3n) is 4.98. The van der Waals surface area contributed by atoms with Crippen molar-refractivity contribution in [1.82, 2.24) is 9.62 Å². The maximum atomic E-state index is 12.0. The number of carbonyl (C=O) groups excluding carboxylic acids is 1. The van der Waals surface area contributed by atoms with E-state index in [4.69, 9.17) is 32.1 Å². The van der Waals surface area contributed by atoms with Crippen LogP contribution in [0.4, 0.5) is 4.79 Å². The monoisotopic (exact) mass is 436 g/mol. The maximum absolute atomic E-state index is 12.0. The first-order valence-electron chi connectivity index (χ1n) is 8.93. The van der Waals surface area contributed by atoms with Crippen LogP contribution in [-0.2, 0) is 15.0 Å². The van der Waals surface area contributed by atoms with Crippen molar-refractivity contribution >= 4 is 39.6 Å². The van der Waals surface area contributed by atoms with E-state index in [9.17, 15) is 13.2 Å². The Morgan fingerprint density at radius 3 is 2.78 bits per heavy atom. The van der Waals surface area contributed by atoms with Crippen molar-refractivity contribution in [2.75, 3.05) is 19.7 Å². The van der Waals surface area contributed by atoms with Gasteiger partial charge in [-0.3, -0.25) is 4.90 Å². The minimum absolute atomic E-state index is 0.0579. The predicted molar refractivity (Wildman–Crippen MR) is 102 cm³/mol. The zero-order valence-corrected chi connectivity index (χ0v) is 17.0. The number of nitrogens with one attached hydrogen (secondary N) is 1. The molecular weight excluding hydrogens is 415 g/mol. The van der Waals surface area contributed by atoms with Gasteiger partial charge in [-0.05, 0) is 50.9 Å². The summed E-state index contributed by atoms with van der Waals surface area (Å²) >= 11 is 11.7. The van der Waals surface area contributed by atoms with Crippen LogP contribution in [-0.4, -0.2) is 45.1 Å². The van der Waals surface area contributed by atoms with Gasteiger partial charge in [-0.1, -0.05) is 35.7 Å². The van der Waals surface area contributed by atoms with E-state index in [0.717, 1.165) is 32.4 Å². The minimum Gasteiger partial charge on any atom is -0.448 e. The smallest absolute Gasteiger partial charge is 0.423 e. The fraction of sp³-hybridized carbons (Fsp3) is 0.588. The average molecular weight is 437 g/mol. The van der Waals surface area contributed by atoms with E-state index >= 15 is 0 Å². The molecule has 10 heteroatoms.